The molecule has 2 amide bonds. The van der Waals surface area contributed by atoms with E-state index in [-0.39, 0.29) is 17.7 Å². The maximum Gasteiger partial charge on any atom is 0.418 e. The van der Waals surface area contributed by atoms with E-state index in [4.69, 9.17) is 4.74 Å². The van der Waals surface area contributed by atoms with Crippen LogP contribution in [0.4, 0.5) is 28.0 Å². The molecular weight excluding hydrogens is 454 g/mol. The van der Waals surface area contributed by atoms with Crippen molar-refractivity contribution in [2.75, 3.05) is 11.9 Å². The van der Waals surface area contributed by atoms with Crippen LogP contribution < -0.4 is 10.6 Å². The summed E-state index contributed by atoms with van der Waals surface area (Å²) in [7, 11) is 0. The number of carbonyl (C=O) groups excluding carboxylic acids is 2. The number of esters is 1. The number of hydrogen-bond donors (Lipinski definition) is 2. The second kappa shape index (κ2) is 10.8. The zero-order chi connectivity index (χ0) is 24.7. The van der Waals surface area contributed by atoms with Crippen LogP contribution in [0.1, 0.15) is 45.7 Å². The number of urea groups is 1. The molecule has 2 aromatic carbocycles. The summed E-state index contributed by atoms with van der Waals surface area (Å²) in [5.74, 6) is -0.523. The molecular formula is C24H21F4N3O3. The van der Waals surface area contributed by atoms with Gasteiger partial charge in [0.15, 0.2) is 0 Å². The van der Waals surface area contributed by atoms with Gasteiger partial charge in [-0.1, -0.05) is 24.3 Å². The van der Waals surface area contributed by atoms with Gasteiger partial charge in [-0.3, -0.25) is 4.98 Å². The van der Waals surface area contributed by atoms with Crippen molar-refractivity contribution in [3.8, 4) is 0 Å². The van der Waals surface area contributed by atoms with Crippen LogP contribution >= 0.6 is 0 Å². The van der Waals surface area contributed by atoms with Gasteiger partial charge in [0.05, 0.1) is 29.5 Å². The average molecular weight is 475 g/mol. The molecule has 1 heterocycles. The highest BCUT2D eigenvalue weighted by molar-refractivity contribution is 5.92. The van der Waals surface area contributed by atoms with Gasteiger partial charge in [-0.15, -0.1) is 0 Å². The molecule has 0 fully saturated rings. The Morgan fingerprint density at radius 2 is 1.71 bits per heavy atom. The molecule has 6 nitrogen and oxygen atoms in total. The maximum absolute atomic E-state index is 13.6. The Labute approximate surface area is 193 Å². The minimum absolute atomic E-state index is 0.211. The minimum Gasteiger partial charge on any atom is -0.462 e. The lowest BCUT2D eigenvalue weighted by Gasteiger charge is -2.22. The second-order valence-electron chi connectivity index (χ2n) is 7.14. The summed E-state index contributed by atoms with van der Waals surface area (Å²) in [5.41, 5.74) is -0.208. The van der Waals surface area contributed by atoms with E-state index in [9.17, 15) is 27.2 Å². The van der Waals surface area contributed by atoms with Crippen LogP contribution in [0, 0.1) is 0 Å². The summed E-state index contributed by atoms with van der Waals surface area (Å²) >= 11 is 0. The van der Waals surface area contributed by atoms with Gasteiger partial charge in [-0.25, -0.2) is 14.0 Å². The molecule has 3 aromatic rings. The number of halogens is 4. The lowest BCUT2D eigenvalue weighted by Crippen LogP contribution is -2.35. The summed E-state index contributed by atoms with van der Waals surface area (Å²) in [6, 6.07) is 11.5. The summed E-state index contributed by atoms with van der Waals surface area (Å²) in [6.07, 6.45) is -3.51. The van der Waals surface area contributed by atoms with Gasteiger partial charge in [0.25, 0.3) is 0 Å². The molecule has 2 N–H and O–H groups in total. The predicted molar refractivity (Wildman–Crippen MR) is 117 cm³/mol. The Bertz CT molecular complexity index is 1130. The molecule has 0 aliphatic carbocycles. The van der Waals surface area contributed by atoms with Crippen molar-refractivity contribution in [2.45, 2.75) is 25.8 Å². The number of anilines is 1. The quantitative estimate of drug-likeness (QED) is 0.342. The van der Waals surface area contributed by atoms with E-state index in [1.54, 1.807) is 6.92 Å². The Kier molecular flexibility index (Phi) is 7.83. The van der Waals surface area contributed by atoms with Gasteiger partial charge in [0.1, 0.15) is 6.67 Å². The first-order chi connectivity index (χ1) is 16.2. The second-order valence-corrected chi connectivity index (χ2v) is 7.14. The molecule has 10 heteroatoms. The van der Waals surface area contributed by atoms with Crippen LogP contribution in [0.25, 0.3) is 0 Å². The fraction of sp³-hybridized carbons (Fsp3) is 0.208. The number of aromatic nitrogens is 1. The van der Waals surface area contributed by atoms with Gasteiger partial charge >= 0.3 is 18.2 Å². The number of alkyl halides is 4. The third-order valence-corrected chi connectivity index (χ3v) is 4.81. The van der Waals surface area contributed by atoms with Gasteiger partial charge in [0, 0.05) is 11.9 Å². The number of nitrogens with zero attached hydrogens (tertiary/aromatic N) is 1. The summed E-state index contributed by atoms with van der Waals surface area (Å²) in [4.78, 5) is 28.3. The van der Waals surface area contributed by atoms with Gasteiger partial charge < -0.3 is 15.4 Å². The Morgan fingerprint density at radius 3 is 2.29 bits per heavy atom. The standard InChI is InChI=1S/C24H21F4N3O3/c1-2-34-22(32)17-9-11-18(12-10-17)30-23(33)31-20(16-7-5-15(14-25)6-8-16)21-19(24(26,27)28)4-3-13-29-21/h3-13,20H,2,14H2,1H3,(H2,30,31,33)/t20-/m0/s1. The highest BCUT2D eigenvalue weighted by Gasteiger charge is 2.37. The summed E-state index contributed by atoms with van der Waals surface area (Å²) in [5, 5.41) is 5.03. The number of ether oxygens (including phenoxy) is 1. The van der Waals surface area contributed by atoms with Crippen LogP contribution in [-0.4, -0.2) is 23.6 Å². The van der Waals surface area contributed by atoms with Crippen LogP contribution in [-0.2, 0) is 17.6 Å². The van der Waals surface area contributed by atoms with Crippen LogP contribution in [0.3, 0.4) is 0 Å². The monoisotopic (exact) mass is 475 g/mol. The lowest BCUT2D eigenvalue weighted by atomic mass is 9.98. The van der Waals surface area contributed by atoms with Crippen molar-refractivity contribution in [2.24, 2.45) is 0 Å². The molecule has 1 atom stereocenters. The molecule has 178 valence electrons. The zero-order valence-corrected chi connectivity index (χ0v) is 18.0. The van der Waals surface area contributed by atoms with Gasteiger partial charge in [-0.05, 0) is 54.4 Å². The number of benzene rings is 2. The Balaban J connectivity index is 1.87. The first kappa shape index (κ1) is 24.7. The average Bonchev–Trinajstić information content (AvgIpc) is 2.83. The normalized spacial score (nSPS) is 12.0. The van der Waals surface area contributed by atoms with E-state index in [1.807, 2.05) is 0 Å². The number of carbonyl (C=O) groups is 2. The predicted octanol–water partition coefficient (Wildman–Crippen LogP) is 5.66. The zero-order valence-electron chi connectivity index (χ0n) is 18.0. The molecule has 1 aromatic heterocycles. The molecule has 0 radical (unpaired) electrons. The van der Waals surface area contributed by atoms with Gasteiger partial charge in [0.2, 0.25) is 0 Å². The third kappa shape index (κ3) is 6.09. The number of amides is 2. The Hall–Kier alpha value is -3.95. The highest BCUT2D eigenvalue weighted by Crippen LogP contribution is 2.35. The van der Waals surface area contributed by atoms with E-state index in [2.05, 4.69) is 15.6 Å². The molecule has 0 saturated heterocycles. The number of nitrogens with one attached hydrogen (secondary N) is 2. The molecule has 0 bridgehead atoms. The SMILES string of the molecule is CCOC(=O)c1ccc(NC(=O)N[C@@H](c2ccc(CF)cc2)c2ncccc2C(F)(F)F)cc1. The van der Waals surface area contributed by atoms with Crippen molar-refractivity contribution in [3.05, 3.63) is 94.8 Å². The molecule has 0 unspecified atom stereocenters. The van der Waals surface area contributed by atoms with E-state index in [1.165, 1.54) is 54.7 Å². The first-order valence-corrected chi connectivity index (χ1v) is 10.2. The third-order valence-electron chi connectivity index (χ3n) is 4.81. The van der Waals surface area contributed by atoms with E-state index in [0.29, 0.717) is 11.3 Å². The van der Waals surface area contributed by atoms with E-state index in [0.717, 1.165) is 12.1 Å². The van der Waals surface area contributed by atoms with Crippen molar-refractivity contribution in [1.82, 2.24) is 10.3 Å². The minimum atomic E-state index is -4.71. The first-order valence-electron chi connectivity index (χ1n) is 10.2. The van der Waals surface area contributed by atoms with Crippen LogP contribution in [0.5, 0.6) is 0 Å². The summed E-state index contributed by atoms with van der Waals surface area (Å²) in [6.45, 7) is 1.14. The maximum atomic E-state index is 13.6. The topological polar surface area (TPSA) is 80.3 Å². The molecule has 3 rings (SSSR count). The molecule has 0 spiro atoms. The molecule has 0 saturated carbocycles. The number of pyridine rings is 1. The Morgan fingerprint density at radius 1 is 1.03 bits per heavy atom. The number of hydrogen-bond acceptors (Lipinski definition) is 4. The van der Waals surface area contributed by atoms with Crippen molar-refractivity contribution >= 4 is 17.7 Å². The van der Waals surface area contributed by atoms with Gasteiger partial charge in [-0.2, -0.15) is 13.2 Å². The van der Waals surface area contributed by atoms with Crippen molar-refractivity contribution < 1.29 is 31.9 Å². The number of rotatable bonds is 7. The van der Waals surface area contributed by atoms with E-state index >= 15 is 0 Å². The van der Waals surface area contributed by atoms with Crippen LogP contribution in [0.2, 0.25) is 0 Å². The molecule has 0 aliphatic rings. The largest absolute Gasteiger partial charge is 0.462 e. The molecule has 34 heavy (non-hydrogen) atoms. The van der Waals surface area contributed by atoms with E-state index < -0.39 is 42.2 Å². The fourth-order valence-electron chi connectivity index (χ4n) is 3.20. The van der Waals surface area contributed by atoms with Crippen LogP contribution in [0.15, 0.2) is 66.9 Å². The fourth-order valence-corrected chi connectivity index (χ4v) is 3.20. The smallest absolute Gasteiger partial charge is 0.418 e. The van der Waals surface area contributed by atoms with Crippen molar-refractivity contribution in [3.63, 3.8) is 0 Å². The molecule has 0 aliphatic heterocycles. The van der Waals surface area contributed by atoms with Crippen molar-refractivity contribution in [1.29, 1.82) is 0 Å². The lowest BCUT2D eigenvalue weighted by molar-refractivity contribution is -0.138. The summed E-state index contributed by atoms with van der Waals surface area (Å²) < 4.78 is 58.7. The highest BCUT2D eigenvalue weighted by atomic mass is 19.4.